The Kier molecular flexibility index (Phi) is 5.75. The van der Waals surface area contributed by atoms with Gasteiger partial charge in [-0.2, -0.15) is 13.2 Å². The van der Waals surface area contributed by atoms with Crippen LogP contribution in [0.3, 0.4) is 0 Å². The lowest BCUT2D eigenvalue weighted by Crippen LogP contribution is -2.20. The van der Waals surface area contributed by atoms with Crippen molar-refractivity contribution in [1.82, 2.24) is 4.98 Å². The van der Waals surface area contributed by atoms with Crippen molar-refractivity contribution in [3.05, 3.63) is 18.3 Å². The summed E-state index contributed by atoms with van der Waals surface area (Å²) in [6, 6.07) is 2.60. The van der Waals surface area contributed by atoms with Crippen molar-refractivity contribution in [3.63, 3.8) is 0 Å². The second-order valence-corrected chi connectivity index (χ2v) is 4.35. The van der Waals surface area contributed by atoms with E-state index in [4.69, 9.17) is 5.73 Å². The van der Waals surface area contributed by atoms with Gasteiger partial charge in [-0.3, -0.25) is 4.79 Å². The van der Waals surface area contributed by atoms with Crippen LogP contribution < -0.4 is 15.8 Å². The molecule has 1 rings (SSSR count). The van der Waals surface area contributed by atoms with Crippen LogP contribution in [0.1, 0.15) is 19.8 Å². The predicted molar refractivity (Wildman–Crippen MR) is 67.3 cm³/mol. The molecule has 0 aliphatic carbocycles. The number of halogens is 3. The van der Waals surface area contributed by atoms with Crippen LogP contribution in [-0.4, -0.2) is 29.7 Å². The molecule has 3 N–H and O–H groups in total. The molecule has 0 saturated carbocycles. The molecule has 0 aliphatic rings. The van der Waals surface area contributed by atoms with E-state index in [1.165, 1.54) is 18.3 Å². The Bertz CT molecular complexity index is 433. The largest absolute Gasteiger partial charge is 0.468 e. The van der Waals surface area contributed by atoms with Gasteiger partial charge in [0, 0.05) is 18.5 Å². The van der Waals surface area contributed by atoms with E-state index in [0.29, 0.717) is 12.1 Å². The molecule has 0 spiro atoms. The molecular weight excluding hydrogens is 275 g/mol. The summed E-state index contributed by atoms with van der Waals surface area (Å²) in [5, 5.41) is 2.56. The lowest BCUT2D eigenvalue weighted by molar-refractivity contribution is -0.154. The van der Waals surface area contributed by atoms with E-state index in [1.807, 2.05) is 0 Å². The van der Waals surface area contributed by atoms with Gasteiger partial charge in [0.2, 0.25) is 11.8 Å². The third-order valence-electron chi connectivity index (χ3n) is 2.23. The Morgan fingerprint density at radius 3 is 2.70 bits per heavy atom. The minimum Gasteiger partial charge on any atom is -0.468 e. The third kappa shape index (κ3) is 6.93. The monoisotopic (exact) mass is 291 g/mol. The van der Waals surface area contributed by atoms with E-state index >= 15 is 0 Å². The second-order valence-electron chi connectivity index (χ2n) is 4.35. The first-order valence-corrected chi connectivity index (χ1v) is 5.97. The summed E-state index contributed by atoms with van der Waals surface area (Å²) in [6.07, 6.45) is -2.36. The lowest BCUT2D eigenvalue weighted by atomic mass is 10.2. The molecule has 0 saturated heterocycles. The van der Waals surface area contributed by atoms with Crippen molar-refractivity contribution in [2.75, 3.05) is 11.9 Å². The number of nitrogens with two attached hydrogens (primary N) is 1. The van der Waals surface area contributed by atoms with E-state index in [2.05, 4.69) is 15.0 Å². The standard InChI is InChI=1S/C12H16F3N3O2/c1-8(16)2-4-10(19)18-9-3-5-11(17-6-9)20-7-12(13,14)15/h3,5-6,8H,2,4,7,16H2,1H3,(H,18,19). The summed E-state index contributed by atoms with van der Waals surface area (Å²) in [7, 11) is 0. The summed E-state index contributed by atoms with van der Waals surface area (Å²) >= 11 is 0. The Labute approximate surface area is 114 Å². The average molecular weight is 291 g/mol. The molecule has 112 valence electrons. The first-order chi connectivity index (χ1) is 9.26. The highest BCUT2D eigenvalue weighted by Gasteiger charge is 2.28. The van der Waals surface area contributed by atoms with Crippen molar-refractivity contribution in [2.45, 2.75) is 32.0 Å². The van der Waals surface area contributed by atoms with Gasteiger partial charge in [-0.15, -0.1) is 0 Å². The smallest absolute Gasteiger partial charge is 0.422 e. The Hall–Kier alpha value is -1.83. The SMILES string of the molecule is CC(N)CCC(=O)Nc1ccc(OCC(F)(F)F)nc1. The zero-order valence-corrected chi connectivity index (χ0v) is 10.9. The molecule has 20 heavy (non-hydrogen) atoms. The maximum absolute atomic E-state index is 11.9. The number of hydrogen-bond acceptors (Lipinski definition) is 4. The number of rotatable bonds is 6. The quantitative estimate of drug-likeness (QED) is 0.841. The third-order valence-corrected chi connectivity index (χ3v) is 2.23. The summed E-state index contributed by atoms with van der Waals surface area (Å²) in [5.41, 5.74) is 5.91. The van der Waals surface area contributed by atoms with Crippen LogP contribution >= 0.6 is 0 Å². The van der Waals surface area contributed by atoms with E-state index in [0.717, 1.165) is 0 Å². The second kappa shape index (κ2) is 7.09. The van der Waals surface area contributed by atoms with Crippen molar-refractivity contribution in [2.24, 2.45) is 5.73 Å². The summed E-state index contributed by atoms with van der Waals surface area (Å²) < 4.78 is 40.2. The van der Waals surface area contributed by atoms with Crippen LogP contribution in [0.5, 0.6) is 5.88 Å². The van der Waals surface area contributed by atoms with Crippen LogP contribution in [0.15, 0.2) is 18.3 Å². The van der Waals surface area contributed by atoms with Crippen molar-refractivity contribution in [1.29, 1.82) is 0 Å². The molecule has 1 heterocycles. The molecule has 1 aromatic rings. The van der Waals surface area contributed by atoms with Crippen LogP contribution in [-0.2, 0) is 4.79 Å². The number of carbonyl (C=O) groups excluding carboxylic acids is 1. The maximum atomic E-state index is 11.9. The summed E-state index contributed by atoms with van der Waals surface area (Å²) in [6.45, 7) is 0.391. The van der Waals surface area contributed by atoms with E-state index in [9.17, 15) is 18.0 Å². The van der Waals surface area contributed by atoms with Gasteiger partial charge >= 0.3 is 6.18 Å². The van der Waals surface area contributed by atoms with Crippen molar-refractivity contribution >= 4 is 11.6 Å². The van der Waals surface area contributed by atoms with E-state index < -0.39 is 12.8 Å². The van der Waals surface area contributed by atoms with Gasteiger partial charge in [0.05, 0.1) is 11.9 Å². The van der Waals surface area contributed by atoms with Gasteiger partial charge in [-0.25, -0.2) is 4.98 Å². The highest BCUT2D eigenvalue weighted by atomic mass is 19.4. The summed E-state index contributed by atoms with van der Waals surface area (Å²) in [4.78, 5) is 15.2. The van der Waals surface area contributed by atoms with Crippen molar-refractivity contribution < 1.29 is 22.7 Å². The molecule has 1 amide bonds. The minimum atomic E-state index is -4.41. The fourth-order valence-corrected chi connectivity index (χ4v) is 1.28. The lowest BCUT2D eigenvalue weighted by Gasteiger charge is -2.09. The van der Waals surface area contributed by atoms with E-state index in [1.54, 1.807) is 6.92 Å². The summed E-state index contributed by atoms with van der Waals surface area (Å²) in [5.74, 6) is -0.385. The number of pyridine rings is 1. The first-order valence-electron chi connectivity index (χ1n) is 5.97. The average Bonchev–Trinajstić information content (AvgIpc) is 2.34. The minimum absolute atomic E-state index is 0.0722. The van der Waals surface area contributed by atoms with Crippen LogP contribution in [0.25, 0.3) is 0 Å². The van der Waals surface area contributed by atoms with Crippen LogP contribution in [0.4, 0.5) is 18.9 Å². The predicted octanol–water partition coefficient (Wildman–Crippen LogP) is 2.09. The molecule has 0 fully saturated rings. The number of nitrogens with zero attached hydrogens (tertiary/aromatic N) is 1. The fraction of sp³-hybridized carbons (Fsp3) is 0.500. The van der Waals surface area contributed by atoms with Gasteiger partial charge in [-0.1, -0.05) is 0 Å². The molecule has 8 heteroatoms. The molecule has 0 aromatic carbocycles. The number of carbonyl (C=O) groups is 1. The number of amides is 1. The normalized spacial score (nSPS) is 12.8. The number of ether oxygens (including phenoxy) is 1. The molecule has 0 bridgehead atoms. The zero-order chi connectivity index (χ0) is 15.2. The van der Waals surface area contributed by atoms with Crippen LogP contribution in [0.2, 0.25) is 0 Å². The van der Waals surface area contributed by atoms with Gasteiger partial charge in [-0.05, 0) is 19.4 Å². The highest BCUT2D eigenvalue weighted by molar-refractivity contribution is 5.90. The van der Waals surface area contributed by atoms with Gasteiger partial charge in [0.15, 0.2) is 6.61 Å². The molecule has 1 unspecified atom stereocenters. The van der Waals surface area contributed by atoms with Crippen LogP contribution in [0, 0.1) is 0 Å². The number of hydrogen-bond donors (Lipinski definition) is 2. The highest BCUT2D eigenvalue weighted by Crippen LogP contribution is 2.18. The van der Waals surface area contributed by atoms with Gasteiger partial charge in [0.25, 0.3) is 0 Å². The van der Waals surface area contributed by atoms with Crippen molar-refractivity contribution in [3.8, 4) is 5.88 Å². The Balaban J connectivity index is 2.44. The zero-order valence-electron chi connectivity index (χ0n) is 10.9. The molecule has 0 radical (unpaired) electrons. The molecule has 1 aromatic heterocycles. The van der Waals surface area contributed by atoms with Gasteiger partial charge in [0.1, 0.15) is 0 Å². The molecule has 0 aliphatic heterocycles. The molecule has 5 nitrogen and oxygen atoms in total. The number of nitrogens with one attached hydrogen (secondary N) is 1. The Morgan fingerprint density at radius 2 is 2.20 bits per heavy atom. The molecular formula is C12H16F3N3O2. The Morgan fingerprint density at radius 1 is 1.50 bits per heavy atom. The topological polar surface area (TPSA) is 77.2 Å². The number of anilines is 1. The van der Waals surface area contributed by atoms with E-state index in [-0.39, 0.29) is 24.2 Å². The maximum Gasteiger partial charge on any atom is 0.422 e. The number of aromatic nitrogens is 1. The fourth-order valence-electron chi connectivity index (χ4n) is 1.28. The number of alkyl halides is 3. The first kappa shape index (κ1) is 16.2. The van der Waals surface area contributed by atoms with Gasteiger partial charge < -0.3 is 15.8 Å². The molecule has 1 atom stereocenters.